The topological polar surface area (TPSA) is 26.5 Å². The molecule has 1 aliphatic rings. The minimum Gasteiger partial charge on any atom is -0.0595 e. The maximum atomic E-state index is 3.88. The van der Waals surface area contributed by atoms with Gasteiger partial charge in [-0.3, -0.25) is 0 Å². The zero-order valence-corrected chi connectivity index (χ0v) is 5.18. The molecule has 0 radical (unpaired) electrons. The Morgan fingerprint density at radius 1 is 1.75 bits per heavy atom. The third-order valence-electron chi connectivity index (χ3n) is 1.07. The molecule has 0 aromatic rings. The molecule has 0 spiro atoms. The molecule has 1 aliphatic heterocycles. The van der Waals surface area contributed by atoms with Gasteiger partial charge in [0.15, 0.2) is 0 Å². The minimum absolute atomic E-state index is 0.987. The van der Waals surface area contributed by atoms with E-state index in [2.05, 4.69) is 16.8 Å². The van der Waals surface area contributed by atoms with E-state index in [-0.39, 0.29) is 0 Å². The third-order valence-corrected chi connectivity index (χ3v) is 1.07. The van der Waals surface area contributed by atoms with Crippen LogP contribution in [0.25, 0.3) is 0 Å². The van der Waals surface area contributed by atoms with Gasteiger partial charge in [0.1, 0.15) is 10.8 Å². The molecule has 8 heavy (non-hydrogen) atoms. The first kappa shape index (κ1) is 5.26. The standard InChI is InChI=1S/C6H9N2/c1-3-6-4-5(2)7-8-6/h4H,3H2,1-2H3/q+1. The number of hydrogen-bond acceptors (Lipinski definition) is 1. The molecule has 42 valence electrons. The second kappa shape index (κ2) is 1.93. The van der Waals surface area contributed by atoms with Crippen LogP contribution in [-0.4, -0.2) is 10.5 Å². The Morgan fingerprint density at radius 3 is 2.75 bits per heavy atom. The van der Waals surface area contributed by atoms with Crippen molar-refractivity contribution in [2.75, 3.05) is 0 Å². The van der Waals surface area contributed by atoms with Crippen LogP contribution in [0.15, 0.2) is 16.9 Å². The normalized spacial score (nSPS) is 16.2. The van der Waals surface area contributed by atoms with Crippen molar-refractivity contribution in [3.05, 3.63) is 11.8 Å². The van der Waals surface area contributed by atoms with Crippen LogP contribution in [0, 0.1) is 0 Å². The van der Waals surface area contributed by atoms with E-state index in [1.807, 2.05) is 13.0 Å². The van der Waals surface area contributed by atoms with E-state index in [1.54, 1.807) is 0 Å². The largest absolute Gasteiger partial charge is 0.341 e. The van der Waals surface area contributed by atoms with Crippen LogP contribution in [-0.2, 0) is 0 Å². The number of allylic oxidation sites excluding steroid dienone is 2. The van der Waals surface area contributed by atoms with E-state index >= 15 is 0 Å². The van der Waals surface area contributed by atoms with Crippen molar-refractivity contribution in [3.8, 4) is 0 Å². The molecule has 0 atom stereocenters. The van der Waals surface area contributed by atoms with E-state index in [4.69, 9.17) is 0 Å². The fraction of sp³-hybridized carbons (Fsp3) is 0.500. The Hall–Kier alpha value is -0.880. The van der Waals surface area contributed by atoms with Gasteiger partial charge in [0.2, 0.25) is 0 Å². The summed E-state index contributed by atoms with van der Waals surface area (Å²) < 4.78 is 0. The average Bonchev–Trinajstić information content (AvgIpc) is 2.14. The lowest BCUT2D eigenvalue weighted by Gasteiger charge is -1.74. The summed E-state index contributed by atoms with van der Waals surface area (Å²) in [5.74, 6) is 0. The molecular weight excluding hydrogens is 100 g/mol. The molecule has 0 unspecified atom stereocenters. The molecule has 0 bridgehead atoms. The van der Waals surface area contributed by atoms with Gasteiger partial charge in [0.25, 0.3) is 0 Å². The summed E-state index contributed by atoms with van der Waals surface area (Å²) in [7, 11) is 0. The van der Waals surface area contributed by atoms with Crippen LogP contribution in [0.2, 0.25) is 0 Å². The summed E-state index contributed by atoms with van der Waals surface area (Å²) in [5.41, 5.74) is 2.10. The van der Waals surface area contributed by atoms with E-state index < -0.39 is 0 Å². The first-order valence-electron chi connectivity index (χ1n) is 2.79. The SMILES string of the molecule is CCC1=CC(C)=[N+]=N1. The second-order valence-corrected chi connectivity index (χ2v) is 1.83. The predicted molar refractivity (Wildman–Crippen MR) is 31.7 cm³/mol. The third kappa shape index (κ3) is 0.849. The van der Waals surface area contributed by atoms with Crippen LogP contribution < -0.4 is 0 Å². The van der Waals surface area contributed by atoms with Crippen LogP contribution in [0.1, 0.15) is 20.3 Å². The van der Waals surface area contributed by atoms with E-state index in [1.165, 1.54) is 0 Å². The monoisotopic (exact) mass is 109 g/mol. The Kier molecular flexibility index (Phi) is 1.27. The summed E-state index contributed by atoms with van der Waals surface area (Å²) >= 11 is 0. The van der Waals surface area contributed by atoms with Crippen molar-refractivity contribution in [2.45, 2.75) is 20.3 Å². The van der Waals surface area contributed by atoms with Crippen molar-refractivity contribution in [1.82, 2.24) is 0 Å². The van der Waals surface area contributed by atoms with Gasteiger partial charge in [-0.25, -0.2) is 0 Å². The maximum Gasteiger partial charge on any atom is 0.341 e. The van der Waals surface area contributed by atoms with Gasteiger partial charge in [0.05, 0.1) is 10.9 Å². The quantitative estimate of drug-likeness (QED) is 0.455. The Balaban J connectivity index is 2.72. The fourth-order valence-corrected chi connectivity index (χ4v) is 0.615. The molecule has 0 saturated carbocycles. The smallest absolute Gasteiger partial charge is 0.0595 e. The lowest BCUT2D eigenvalue weighted by atomic mass is 10.3. The van der Waals surface area contributed by atoms with Crippen LogP contribution >= 0.6 is 0 Å². The van der Waals surface area contributed by atoms with E-state index in [0.717, 1.165) is 17.8 Å². The molecule has 0 fully saturated rings. The first-order chi connectivity index (χ1) is 3.83. The number of hydrogen-bond donors (Lipinski definition) is 0. The molecular formula is C6H9N2+. The molecule has 0 amide bonds. The Morgan fingerprint density at radius 2 is 2.50 bits per heavy atom. The molecule has 0 aliphatic carbocycles. The van der Waals surface area contributed by atoms with Crippen molar-refractivity contribution in [2.24, 2.45) is 5.11 Å². The van der Waals surface area contributed by atoms with Crippen molar-refractivity contribution >= 4 is 5.71 Å². The summed E-state index contributed by atoms with van der Waals surface area (Å²) in [6, 6.07) is 0. The lowest BCUT2D eigenvalue weighted by molar-refractivity contribution is -0.0764. The van der Waals surface area contributed by atoms with Crippen LogP contribution in [0.5, 0.6) is 0 Å². The average molecular weight is 109 g/mol. The summed E-state index contributed by atoms with van der Waals surface area (Å²) in [4.78, 5) is 3.84. The fourth-order valence-electron chi connectivity index (χ4n) is 0.615. The van der Waals surface area contributed by atoms with E-state index in [0.29, 0.717) is 0 Å². The maximum absolute atomic E-state index is 3.88. The van der Waals surface area contributed by atoms with Gasteiger partial charge in [-0.15, -0.1) is 0 Å². The highest BCUT2D eigenvalue weighted by atomic mass is 15.1. The van der Waals surface area contributed by atoms with Crippen LogP contribution in [0.3, 0.4) is 0 Å². The zero-order valence-electron chi connectivity index (χ0n) is 5.18. The highest BCUT2D eigenvalue weighted by Crippen LogP contribution is 2.03. The predicted octanol–water partition coefficient (Wildman–Crippen LogP) is 1.42. The first-order valence-corrected chi connectivity index (χ1v) is 2.79. The lowest BCUT2D eigenvalue weighted by Crippen LogP contribution is -1.79. The highest BCUT2D eigenvalue weighted by molar-refractivity contribution is 5.89. The summed E-state index contributed by atoms with van der Waals surface area (Å²) in [5, 5.41) is 3.88. The van der Waals surface area contributed by atoms with Gasteiger partial charge >= 0.3 is 5.71 Å². The van der Waals surface area contributed by atoms with Crippen LogP contribution in [0.4, 0.5) is 0 Å². The number of rotatable bonds is 1. The molecule has 2 heteroatoms. The zero-order chi connectivity index (χ0) is 5.98. The number of nitrogens with zero attached hydrogens (tertiary/aromatic N) is 2. The Labute approximate surface area is 48.7 Å². The minimum atomic E-state index is 0.987. The molecule has 1 heterocycles. The summed E-state index contributed by atoms with van der Waals surface area (Å²) in [6.07, 6.45) is 2.99. The molecule has 2 nitrogen and oxygen atoms in total. The van der Waals surface area contributed by atoms with E-state index in [9.17, 15) is 0 Å². The van der Waals surface area contributed by atoms with Crippen molar-refractivity contribution in [1.29, 1.82) is 0 Å². The highest BCUT2D eigenvalue weighted by Gasteiger charge is 2.09. The van der Waals surface area contributed by atoms with Gasteiger partial charge < -0.3 is 0 Å². The van der Waals surface area contributed by atoms with Gasteiger partial charge in [-0.05, 0) is 6.42 Å². The molecule has 0 aromatic carbocycles. The summed E-state index contributed by atoms with van der Waals surface area (Å²) in [6.45, 7) is 4.02. The van der Waals surface area contributed by atoms with Crippen molar-refractivity contribution in [3.63, 3.8) is 0 Å². The van der Waals surface area contributed by atoms with Gasteiger partial charge in [-0.2, -0.15) is 0 Å². The van der Waals surface area contributed by atoms with Gasteiger partial charge in [-0.1, -0.05) is 6.92 Å². The van der Waals surface area contributed by atoms with Gasteiger partial charge in [0, 0.05) is 6.92 Å². The second-order valence-electron chi connectivity index (χ2n) is 1.83. The molecule has 0 saturated heterocycles. The Bertz CT molecular complexity index is 183. The molecule has 0 aromatic heterocycles. The molecule has 0 N–H and O–H groups in total. The molecule has 1 rings (SSSR count). The van der Waals surface area contributed by atoms with Crippen molar-refractivity contribution < 1.29 is 4.79 Å².